The molecule has 10 nitrogen and oxygen atoms in total. The number of allylic oxidation sites excluding steroid dienone is 1. The number of halogens is 3. The second kappa shape index (κ2) is 14.3. The van der Waals surface area contributed by atoms with Gasteiger partial charge in [0.25, 0.3) is 0 Å². The van der Waals surface area contributed by atoms with Crippen LogP contribution in [0.1, 0.15) is 63.1 Å². The van der Waals surface area contributed by atoms with E-state index >= 15 is 0 Å². The fourth-order valence-corrected chi connectivity index (χ4v) is 6.33. The van der Waals surface area contributed by atoms with Crippen molar-refractivity contribution < 1.29 is 37.7 Å². The summed E-state index contributed by atoms with van der Waals surface area (Å²) < 4.78 is 44.5. The van der Waals surface area contributed by atoms with Crippen LogP contribution in [0.15, 0.2) is 40.0 Å². The molecular weight excluding hydrogens is 618 g/mol. The summed E-state index contributed by atoms with van der Waals surface area (Å²) in [6, 6.07) is 0.906. The van der Waals surface area contributed by atoms with E-state index in [4.69, 9.17) is 25.8 Å². The van der Waals surface area contributed by atoms with Crippen molar-refractivity contribution in [3.8, 4) is 0 Å². The molecule has 1 amide bonds. The summed E-state index contributed by atoms with van der Waals surface area (Å²) in [7, 11) is 2.71. The molecule has 1 unspecified atom stereocenters. The summed E-state index contributed by atoms with van der Waals surface area (Å²) >= 11 is 7.59. The number of rotatable bonds is 9. The van der Waals surface area contributed by atoms with Crippen LogP contribution < -0.4 is 5.32 Å². The molecular formula is C30H37ClF2N4O6S. The highest BCUT2D eigenvalue weighted by atomic mass is 35.5. The van der Waals surface area contributed by atoms with Crippen molar-refractivity contribution in [3.05, 3.63) is 62.2 Å². The monoisotopic (exact) mass is 654 g/mol. The van der Waals surface area contributed by atoms with Gasteiger partial charge in [0, 0.05) is 36.0 Å². The number of aromatic nitrogens is 1. The molecule has 1 saturated carbocycles. The number of ether oxygens (including phenoxy) is 3. The van der Waals surface area contributed by atoms with Crippen molar-refractivity contribution in [1.82, 2.24) is 15.2 Å². The van der Waals surface area contributed by atoms with Gasteiger partial charge in [-0.15, -0.1) is 11.3 Å². The number of aliphatic hydroxyl groups excluding tert-OH is 1. The van der Waals surface area contributed by atoms with E-state index in [-0.39, 0.29) is 36.2 Å². The lowest BCUT2D eigenvalue weighted by Gasteiger charge is -2.40. The van der Waals surface area contributed by atoms with E-state index in [1.165, 1.54) is 31.6 Å². The first kappa shape index (κ1) is 33.8. The van der Waals surface area contributed by atoms with Gasteiger partial charge >= 0.3 is 12.1 Å². The Morgan fingerprint density at radius 3 is 2.50 bits per heavy atom. The van der Waals surface area contributed by atoms with Crippen molar-refractivity contribution in [2.45, 2.75) is 70.2 Å². The number of methoxy groups -OCH3 is 2. The lowest BCUT2D eigenvalue weighted by molar-refractivity contribution is -0.136. The van der Waals surface area contributed by atoms with Crippen molar-refractivity contribution in [2.24, 2.45) is 10.9 Å². The zero-order chi connectivity index (χ0) is 32.2. The standard InChI is InChI=1S/C30H37ClF2N4O6S/c1-30(2,3)43-29(40)37(14-18(38)15-41-4)17-8-6-16(7-9-17)24-21(28(39)42-5)25(19-10-11-20(32)23(33)22(19)31)36-26(35-24)27-34-12-13-44-27/h10-13,16-18,25,38H,6-9,14-15H2,1-5H3,(H,35,36)/t16?,17?,18-,25?/m1/s1. The summed E-state index contributed by atoms with van der Waals surface area (Å²) in [5, 5.41) is 15.6. The molecule has 1 aromatic heterocycles. The van der Waals surface area contributed by atoms with Gasteiger partial charge in [-0.2, -0.15) is 0 Å². The van der Waals surface area contributed by atoms with Gasteiger partial charge in [0.05, 0.1) is 37.0 Å². The Balaban J connectivity index is 1.69. The number of carbonyl (C=O) groups is 2. The average Bonchev–Trinajstić information content (AvgIpc) is 3.52. The van der Waals surface area contributed by atoms with E-state index in [1.807, 2.05) is 0 Å². The van der Waals surface area contributed by atoms with E-state index in [1.54, 1.807) is 37.2 Å². The highest BCUT2D eigenvalue weighted by Gasteiger charge is 2.40. The summed E-state index contributed by atoms with van der Waals surface area (Å²) in [4.78, 5) is 37.1. The second-order valence-electron chi connectivity index (χ2n) is 11.7. The van der Waals surface area contributed by atoms with Gasteiger partial charge in [-0.1, -0.05) is 17.7 Å². The van der Waals surface area contributed by atoms with Crippen LogP contribution in [0.2, 0.25) is 5.02 Å². The van der Waals surface area contributed by atoms with E-state index in [2.05, 4.69) is 15.3 Å². The third kappa shape index (κ3) is 7.74. The maximum atomic E-state index is 14.6. The van der Waals surface area contributed by atoms with E-state index < -0.39 is 46.5 Å². The SMILES string of the molecule is COC[C@H](O)CN(C(=O)OC(C)(C)C)C1CCC(C2=C(C(=O)OC)C(c3ccc(F)c(F)c3Cl)N=C(c3nccs3)N2)CC1. The van der Waals surface area contributed by atoms with E-state index in [0.29, 0.717) is 42.2 Å². The minimum Gasteiger partial charge on any atom is -0.466 e. The Labute approximate surface area is 264 Å². The Bertz CT molecular complexity index is 1410. The average molecular weight is 655 g/mol. The number of carbonyl (C=O) groups excluding carboxylic acids is 2. The topological polar surface area (TPSA) is 123 Å². The first-order valence-corrected chi connectivity index (χ1v) is 15.5. The Morgan fingerprint density at radius 1 is 1.20 bits per heavy atom. The molecule has 0 spiro atoms. The van der Waals surface area contributed by atoms with Crippen LogP contribution in [0.25, 0.3) is 0 Å². The number of amides is 1. The molecule has 2 aromatic rings. The van der Waals surface area contributed by atoms with Gasteiger partial charge in [0.2, 0.25) is 0 Å². The van der Waals surface area contributed by atoms with E-state index in [0.717, 1.165) is 6.07 Å². The summed E-state index contributed by atoms with van der Waals surface area (Å²) in [6.45, 7) is 5.42. The predicted molar refractivity (Wildman–Crippen MR) is 162 cm³/mol. The maximum Gasteiger partial charge on any atom is 0.410 e. The van der Waals surface area contributed by atoms with Crippen molar-refractivity contribution in [1.29, 1.82) is 0 Å². The molecule has 240 valence electrons. The molecule has 2 heterocycles. The number of amidine groups is 1. The van der Waals surface area contributed by atoms with Gasteiger partial charge in [-0.05, 0) is 58.4 Å². The van der Waals surface area contributed by atoms with Gasteiger partial charge in [-0.25, -0.2) is 23.4 Å². The second-order valence-corrected chi connectivity index (χ2v) is 12.9. The molecule has 44 heavy (non-hydrogen) atoms. The number of thiazole rings is 1. The fourth-order valence-electron chi connectivity index (χ4n) is 5.49. The Kier molecular flexibility index (Phi) is 11.0. The van der Waals surface area contributed by atoms with Crippen LogP contribution in [-0.2, 0) is 19.0 Å². The number of nitrogens with one attached hydrogen (secondary N) is 1. The smallest absolute Gasteiger partial charge is 0.410 e. The van der Waals surface area contributed by atoms with Gasteiger partial charge in [-0.3, -0.25) is 4.99 Å². The zero-order valence-corrected chi connectivity index (χ0v) is 26.8. The number of benzene rings is 1. The third-order valence-corrected chi connectivity index (χ3v) is 8.58. The van der Waals surface area contributed by atoms with Crippen molar-refractivity contribution >= 4 is 40.8 Å². The van der Waals surface area contributed by atoms with Crippen LogP contribution in [0.3, 0.4) is 0 Å². The molecule has 2 aliphatic rings. The summed E-state index contributed by atoms with van der Waals surface area (Å²) in [5.41, 5.74) is 0.0244. The molecule has 0 bridgehead atoms. The first-order valence-electron chi connectivity index (χ1n) is 14.2. The molecule has 0 radical (unpaired) electrons. The first-order chi connectivity index (χ1) is 20.8. The molecule has 1 aliphatic heterocycles. The predicted octanol–water partition coefficient (Wildman–Crippen LogP) is 5.40. The molecule has 14 heteroatoms. The number of nitrogens with zero attached hydrogens (tertiary/aromatic N) is 3. The number of aliphatic hydroxyl groups is 1. The highest BCUT2D eigenvalue weighted by Crippen LogP contribution is 2.42. The minimum atomic E-state index is -1.24. The number of esters is 1. The molecule has 2 atom stereocenters. The molecule has 1 aromatic carbocycles. The van der Waals surface area contributed by atoms with Gasteiger partial charge < -0.3 is 29.5 Å². The van der Waals surface area contributed by atoms with Crippen LogP contribution in [0.5, 0.6) is 0 Å². The largest absolute Gasteiger partial charge is 0.466 e. The fraction of sp³-hybridized carbons (Fsp3) is 0.533. The van der Waals surface area contributed by atoms with Crippen LogP contribution >= 0.6 is 22.9 Å². The lowest BCUT2D eigenvalue weighted by Crippen LogP contribution is -2.49. The van der Waals surface area contributed by atoms with Crippen LogP contribution in [0, 0.1) is 17.6 Å². The summed E-state index contributed by atoms with van der Waals surface area (Å²) in [6.07, 6.45) is 2.31. The Hall–Kier alpha value is -3.13. The number of hydrogen-bond acceptors (Lipinski definition) is 10. The molecule has 2 N–H and O–H groups in total. The quantitative estimate of drug-likeness (QED) is 0.272. The number of aliphatic imine (C=N–C) groups is 1. The zero-order valence-electron chi connectivity index (χ0n) is 25.2. The molecule has 1 fully saturated rings. The Morgan fingerprint density at radius 2 is 1.91 bits per heavy atom. The third-order valence-electron chi connectivity index (χ3n) is 7.41. The van der Waals surface area contributed by atoms with Crippen LogP contribution in [0.4, 0.5) is 13.6 Å². The van der Waals surface area contributed by atoms with Crippen molar-refractivity contribution in [2.75, 3.05) is 27.4 Å². The number of hydrogen-bond donors (Lipinski definition) is 2. The normalized spacial score (nSPS) is 21.3. The molecule has 1 aliphatic carbocycles. The molecule has 4 rings (SSSR count). The molecule has 0 saturated heterocycles. The minimum absolute atomic E-state index is 0.0317. The van der Waals surface area contributed by atoms with E-state index in [9.17, 15) is 23.5 Å². The maximum absolute atomic E-state index is 14.6. The van der Waals surface area contributed by atoms with Crippen LogP contribution in [-0.4, -0.2) is 78.0 Å². The van der Waals surface area contributed by atoms with Gasteiger partial charge in [0.15, 0.2) is 22.5 Å². The van der Waals surface area contributed by atoms with Gasteiger partial charge in [0.1, 0.15) is 11.6 Å². The lowest BCUT2D eigenvalue weighted by atomic mass is 9.80. The highest BCUT2D eigenvalue weighted by molar-refractivity contribution is 7.11. The summed E-state index contributed by atoms with van der Waals surface area (Å²) in [5.74, 6) is -2.92. The van der Waals surface area contributed by atoms with Crippen molar-refractivity contribution in [3.63, 3.8) is 0 Å².